The number of amides is 1. The van der Waals surface area contributed by atoms with Gasteiger partial charge in [-0.3, -0.25) is 4.79 Å². The van der Waals surface area contributed by atoms with E-state index in [1.165, 1.54) is 7.11 Å². The molecule has 1 N–H and O–H groups in total. The van der Waals surface area contributed by atoms with E-state index in [1.807, 2.05) is 0 Å². The molecular formula is C12H11NO3. The van der Waals surface area contributed by atoms with Gasteiger partial charge in [-0.2, -0.15) is 0 Å². The first-order valence-corrected chi connectivity index (χ1v) is 4.59. The lowest BCUT2D eigenvalue weighted by Crippen LogP contribution is -2.14. The average Bonchev–Trinajstić information content (AvgIpc) is 2.29. The molecule has 0 radical (unpaired) electrons. The number of para-hydroxylation sites is 1. The van der Waals surface area contributed by atoms with Crippen molar-refractivity contribution in [3.05, 3.63) is 29.8 Å². The fourth-order valence-electron chi connectivity index (χ4n) is 1.17. The molecule has 1 aromatic carbocycles. The highest BCUT2D eigenvalue weighted by molar-refractivity contribution is 6.01. The summed E-state index contributed by atoms with van der Waals surface area (Å²) in [4.78, 5) is 22.6. The monoisotopic (exact) mass is 217 g/mol. The Balaban J connectivity index is 2.92. The van der Waals surface area contributed by atoms with Crippen LogP contribution in [0.4, 0.5) is 5.69 Å². The molecule has 0 unspecified atom stereocenters. The molecule has 0 saturated heterocycles. The minimum atomic E-state index is -0.503. The molecule has 1 rings (SSSR count). The first-order chi connectivity index (χ1) is 7.69. The van der Waals surface area contributed by atoms with Gasteiger partial charge in [0.05, 0.1) is 24.8 Å². The Morgan fingerprint density at radius 1 is 1.44 bits per heavy atom. The Labute approximate surface area is 93.6 Å². The van der Waals surface area contributed by atoms with Crippen LogP contribution in [0.3, 0.4) is 0 Å². The third-order valence-electron chi connectivity index (χ3n) is 1.87. The number of benzene rings is 1. The highest BCUT2D eigenvalue weighted by atomic mass is 16.5. The van der Waals surface area contributed by atoms with E-state index in [1.54, 1.807) is 24.3 Å². The summed E-state index contributed by atoms with van der Waals surface area (Å²) >= 11 is 0. The van der Waals surface area contributed by atoms with Crippen LogP contribution >= 0.6 is 0 Å². The van der Waals surface area contributed by atoms with Gasteiger partial charge >= 0.3 is 5.97 Å². The molecule has 0 spiro atoms. The summed E-state index contributed by atoms with van der Waals surface area (Å²) < 4.78 is 4.59. The minimum absolute atomic E-state index is 0.0322. The van der Waals surface area contributed by atoms with Crippen LogP contribution in [0.25, 0.3) is 0 Å². The van der Waals surface area contributed by atoms with Gasteiger partial charge in [-0.1, -0.05) is 18.1 Å². The second kappa shape index (κ2) is 5.56. The van der Waals surface area contributed by atoms with Crippen molar-refractivity contribution < 1.29 is 14.3 Å². The van der Waals surface area contributed by atoms with E-state index in [2.05, 4.69) is 16.0 Å². The summed E-state index contributed by atoms with van der Waals surface area (Å²) in [7, 11) is 1.28. The third-order valence-corrected chi connectivity index (χ3v) is 1.87. The van der Waals surface area contributed by atoms with Crippen molar-refractivity contribution in [2.24, 2.45) is 0 Å². The standard InChI is InChI=1S/C12H11NO3/c1-3-6-11(14)13-10-8-5-4-7-9(10)12(15)16-2/h1,4-5,7-8H,6H2,2H3,(H,13,14). The molecule has 0 aliphatic heterocycles. The SMILES string of the molecule is C#CCC(=O)Nc1ccccc1C(=O)OC. The third kappa shape index (κ3) is 2.85. The number of carbonyl (C=O) groups is 2. The predicted molar refractivity (Wildman–Crippen MR) is 59.9 cm³/mol. The first-order valence-electron chi connectivity index (χ1n) is 4.59. The maximum Gasteiger partial charge on any atom is 0.339 e. The Hall–Kier alpha value is -2.28. The van der Waals surface area contributed by atoms with E-state index >= 15 is 0 Å². The van der Waals surface area contributed by atoms with Gasteiger partial charge in [0.25, 0.3) is 0 Å². The van der Waals surface area contributed by atoms with Gasteiger partial charge in [0.2, 0.25) is 5.91 Å². The molecule has 0 saturated carbocycles. The fraction of sp³-hybridized carbons (Fsp3) is 0.167. The van der Waals surface area contributed by atoms with Crippen molar-refractivity contribution >= 4 is 17.6 Å². The number of carbonyl (C=O) groups excluding carboxylic acids is 2. The lowest BCUT2D eigenvalue weighted by atomic mass is 10.2. The van der Waals surface area contributed by atoms with Crippen LogP contribution in [0.5, 0.6) is 0 Å². The molecule has 16 heavy (non-hydrogen) atoms. The molecule has 0 heterocycles. The first kappa shape index (κ1) is 11.8. The van der Waals surface area contributed by atoms with Gasteiger partial charge in [0.1, 0.15) is 0 Å². The van der Waals surface area contributed by atoms with Crippen LogP contribution in [-0.2, 0) is 9.53 Å². The van der Waals surface area contributed by atoms with Crippen molar-refractivity contribution in [1.29, 1.82) is 0 Å². The van der Waals surface area contributed by atoms with Crippen molar-refractivity contribution in [1.82, 2.24) is 0 Å². The topological polar surface area (TPSA) is 55.4 Å². The maximum atomic E-state index is 11.4. The van der Waals surface area contributed by atoms with Crippen LogP contribution < -0.4 is 5.32 Å². The molecule has 82 valence electrons. The second-order valence-corrected chi connectivity index (χ2v) is 2.97. The maximum absolute atomic E-state index is 11.4. The van der Waals surface area contributed by atoms with Crippen LogP contribution in [0.15, 0.2) is 24.3 Å². The highest BCUT2D eigenvalue weighted by Gasteiger charge is 2.12. The van der Waals surface area contributed by atoms with Crippen LogP contribution in [0.1, 0.15) is 16.8 Å². The summed E-state index contributed by atoms with van der Waals surface area (Å²) in [5.41, 5.74) is 0.699. The number of methoxy groups -OCH3 is 1. The van der Waals surface area contributed by atoms with Gasteiger partial charge in [0, 0.05) is 0 Å². The smallest absolute Gasteiger partial charge is 0.339 e. The highest BCUT2D eigenvalue weighted by Crippen LogP contribution is 2.15. The summed E-state index contributed by atoms with van der Waals surface area (Å²) in [6, 6.07) is 6.57. The Kier molecular flexibility index (Phi) is 4.10. The molecular weight excluding hydrogens is 206 g/mol. The molecule has 0 fully saturated rings. The number of hydrogen-bond donors (Lipinski definition) is 1. The Bertz CT molecular complexity index is 446. The number of esters is 1. The Morgan fingerprint density at radius 3 is 2.75 bits per heavy atom. The van der Waals surface area contributed by atoms with Gasteiger partial charge in [-0.15, -0.1) is 6.42 Å². The largest absolute Gasteiger partial charge is 0.465 e. The minimum Gasteiger partial charge on any atom is -0.465 e. The van der Waals surface area contributed by atoms with E-state index in [0.717, 1.165) is 0 Å². The Morgan fingerprint density at radius 2 is 2.12 bits per heavy atom. The molecule has 0 aliphatic carbocycles. The van der Waals surface area contributed by atoms with Crippen LogP contribution in [0.2, 0.25) is 0 Å². The summed E-state index contributed by atoms with van der Waals surface area (Å²) in [6.07, 6.45) is 4.97. The molecule has 1 amide bonds. The zero-order valence-electron chi connectivity index (χ0n) is 8.82. The van der Waals surface area contributed by atoms with E-state index in [-0.39, 0.29) is 12.3 Å². The molecule has 0 aromatic heterocycles. The van der Waals surface area contributed by atoms with Gasteiger partial charge in [0.15, 0.2) is 0 Å². The molecule has 4 heteroatoms. The quantitative estimate of drug-likeness (QED) is 0.615. The average molecular weight is 217 g/mol. The second-order valence-electron chi connectivity index (χ2n) is 2.97. The zero-order valence-corrected chi connectivity index (χ0v) is 8.82. The van der Waals surface area contributed by atoms with E-state index in [9.17, 15) is 9.59 Å². The zero-order chi connectivity index (χ0) is 12.0. The van der Waals surface area contributed by atoms with Crippen molar-refractivity contribution in [2.45, 2.75) is 6.42 Å². The van der Waals surface area contributed by atoms with Gasteiger partial charge in [-0.05, 0) is 12.1 Å². The van der Waals surface area contributed by atoms with Crippen LogP contribution in [-0.4, -0.2) is 19.0 Å². The van der Waals surface area contributed by atoms with Crippen molar-refractivity contribution in [3.8, 4) is 12.3 Å². The van der Waals surface area contributed by atoms with Crippen molar-refractivity contribution in [2.75, 3.05) is 12.4 Å². The molecule has 0 atom stereocenters. The lowest BCUT2D eigenvalue weighted by molar-refractivity contribution is -0.115. The molecule has 0 aliphatic rings. The molecule has 4 nitrogen and oxygen atoms in total. The number of hydrogen-bond acceptors (Lipinski definition) is 3. The predicted octanol–water partition coefficient (Wildman–Crippen LogP) is 1.43. The fourth-order valence-corrected chi connectivity index (χ4v) is 1.17. The van der Waals surface area contributed by atoms with Gasteiger partial charge in [-0.25, -0.2) is 4.79 Å². The van der Waals surface area contributed by atoms with Gasteiger partial charge < -0.3 is 10.1 Å². The van der Waals surface area contributed by atoms with Crippen LogP contribution in [0, 0.1) is 12.3 Å². The van der Waals surface area contributed by atoms with E-state index < -0.39 is 5.97 Å². The normalized spacial score (nSPS) is 9.00. The molecule has 1 aromatic rings. The summed E-state index contributed by atoms with van der Waals surface area (Å²) in [6.45, 7) is 0. The number of rotatable bonds is 3. The summed E-state index contributed by atoms with van der Waals surface area (Å²) in [5.74, 6) is 1.38. The van der Waals surface area contributed by atoms with E-state index in [4.69, 9.17) is 6.42 Å². The lowest BCUT2D eigenvalue weighted by Gasteiger charge is -2.07. The number of anilines is 1. The summed E-state index contributed by atoms with van der Waals surface area (Å²) in [5, 5.41) is 2.54. The number of terminal acetylenes is 1. The number of nitrogens with one attached hydrogen (secondary N) is 1. The number of ether oxygens (including phenoxy) is 1. The molecule has 0 bridgehead atoms. The van der Waals surface area contributed by atoms with E-state index in [0.29, 0.717) is 11.3 Å². The van der Waals surface area contributed by atoms with Crippen molar-refractivity contribution in [3.63, 3.8) is 0 Å².